The third kappa shape index (κ3) is 1.89. The first-order chi connectivity index (χ1) is 7.31. The highest BCUT2D eigenvalue weighted by molar-refractivity contribution is 5.83. The summed E-state index contributed by atoms with van der Waals surface area (Å²) in [6.45, 7) is 1.62. The van der Waals surface area contributed by atoms with Crippen LogP contribution in [0.15, 0.2) is 18.3 Å². The zero-order chi connectivity index (χ0) is 10.7. The van der Waals surface area contributed by atoms with E-state index in [1.165, 1.54) is 0 Å². The lowest BCUT2D eigenvalue weighted by molar-refractivity contribution is -0.120. The standard InChI is InChI=1S/C10H10N4O/c11-6-8-9(2-1-3-12-8)14-5-4-13-10(15)7-14/h1-3H,4-5,7H2,(H,13,15). The largest absolute Gasteiger partial charge is 0.358 e. The van der Waals surface area contributed by atoms with Gasteiger partial charge >= 0.3 is 0 Å². The number of hydrogen-bond donors (Lipinski definition) is 1. The average Bonchev–Trinajstić information content (AvgIpc) is 2.29. The van der Waals surface area contributed by atoms with Crippen LogP contribution in [0.5, 0.6) is 0 Å². The molecule has 1 amide bonds. The fourth-order valence-electron chi connectivity index (χ4n) is 1.58. The van der Waals surface area contributed by atoms with Gasteiger partial charge in [0.05, 0.1) is 12.2 Å². The molecule has 5 nitrogen and oxygen atoms in total. The van der Waals surface area contributed by atoms with E-state index in [0.717, 1.165) is 5.69 Å². The second kappa shape index (κ2) is 3.96. The van der Waals surface area contributed by atoms with Gasteiger partial charge in [-0.3, -0.25) is 4.79 Å². The molecule has 1 fully saturated rings. The van der Waals surface area contributed by atoms with Crippen LogP contribution in [0.3, 0.4) is 0 Å². The molecule has 0 aromatic carbocycles. The number of aromatic nitrogens is 1. The van der Waals surface area contributed by atoms with Crippen molar-refractivity contribution in [3.63, 3.8) is 0 Å². The maximum atomic E-state index is 11.2. The van der Waals surface area contributed by atoms with Gasteiger partial charge in [0.25, 0.3) is 0 Å². The highest BCUT2D eigenvalue weighted by Crippen LogP contribution is 2.17. The summed E-state index contributed by atoms with van der Waals surface area (Å²) in [4.78, 5) is 17.0. The topological polar surface area (TPSA) is 69.0 Å². The number of piperazine rings is 1. The minimum atomic E-state index is -0.0195. The Kier molecular flexibility index (Phi) is 2.50. The molecule has 0 spiro atoms. The van der Waals surface area contributed by atoms with Gasteiger partial charge in [0.15, 0.2) is 5.69 Å². The van der Waals surface area contributed by atoms with Gasteiger partial charge in [-0.2, -0.15) is 5.26 Å². The molecule has 2 rings (SSSR count). The lowest BCUT2D eigenvalue weighted by atomic mass is 10.2. The van der Waals surface area contributed by atoms with Gasteiger partial charge < -0.3 is 10.2 Å². The van der Waals surface area contributed by atoms with Gasteiger partial charge in [-0.1, -0.05) is 0 Å². The Labute approximate surface area is 87.3 Å². The first-order valence-corrected chi connectivity index (χ1v) is 4.68. The van der Waals surface area contributed by atoms with Crippen molar-refractivity contribution in [2.45, 2.75) is 0 Å². The van der Waals surface area contributed by atoms with E-state index in [2.05, 4.69) is 10.3 Å². The van der Waals surface area contributed by atoms with Gasteiger partial charge in [0.1, 0.15) is 6.07 Å². The molecule has 2 heterocycles. The maximum Gasteiger partial charge on any atom is 0.239 e. The summed E-state index contributed by atoms with van der Waals surface area (Å²) in [6, 6.07) is 5.60. The van der Waals surface area contributed by atoms with Gasteiger partial charge in [0, 0.05) is 19.3 Å². The summed E-state index contributed by atoms with van der Waals surface area (Å²) in [6.07, 6.45) is 1.58. The van der Waals surface area contributed by atoms with Crippen molar-refractivity contribution in [1.29, 1.82) is 5.26 Å². The molecule has 0 unspecified atom stereocenters. The number of nitrogens with one attached hydrogen (secondary N) is 1. The van der Waals surface area contributed by atoms with Crippen LogP contribution >= 0.6 is 0 Å². The van der Waals surface area contributed by atoms with Gasteiger partial charge in [-0.25, -0.2) is 4.98 Å². The van der Waals surface area contributed by atoms with Crippen LogP contribution in [0, 0.1) is 11.3 Å². The molecule has 1 aliphatic heterocycles. The van der Waals surface area contributed by atoms with E-state index in [1.807, 2.05) is 17.0 Å². The van der Waals surface area contributed by atoms with E-state index >= 15 is 0 Å². The van der Waals surface area contributed by atoms with E-state index in [9.17, 15) is 4.79 Å². The Morgan fingerprint density at radius 3 is 3.20 bits per heavy atom. The van der Waals surface area contributed by atoms with E-state index < -0.39 is 0 Å². The SMILES string of the molecule is N#Cc1ncccc1N1CCNC(=O)C1. The number of carbonyl (C=O) groups is 1. The van der Waals surface area contributed by atoms with Crippen LogP contribution in [-0.2, 0) is 4.79 Å². The lowest BCUT2D eigenvalue weighted by Gasteiger charge is -2.28. The van der Waals surface area contributed by atoms with Crippen LogP contribution in [0.2, 0.25) is 0 Å². The van der Waals surface area contributed by atoms with E-state index in [-0.39, 0.29) is 5.91 Å². The Balaban J connectivity index is 2.29. The van der Waals surface area contributed by atoms with E-state index in [4.69, 9.17) is 5.26 Å². The number of nitrogens with zero attached hydrogens (tertiary/aromatic N) is 3. The molecule has 0 bridgehead atoms. The van der Waals surface area contributed by atoms with Crippen LogP contribution < -0.4 is 10.2 Å². The van der Waals surface area contributed by atoms with Gasteiger partial charge in [0.2, 0.25) is 5.91 Å². The molecule has 0 aliphatic carbocycles. The number of carbonyl (C=O) groups excluding carboxylic acids is 1. The number of hydrogen-bond acceptors (Lipinski definition) is 4. The van der Waals surface area contributed by atoms with Crippen molar-refractivity contribution in [2.24, 2.45) is 0 Å². The summed E-state index contributed by atoms with van der Waals surface area (Å²) in [5, 5.41) is 11.6. The molecule has 5 heteroatoms. The van der Waals surface area contributed by atoms with E-state index in [1.54, 1.807) is 12.3 Å². The Bertz CT molecular complexity index is 424. The number of amides is 1. The Morgan fingerprint density at radius 2 is 2.47 bits per heavy atom. The quantitative estimate of drug-likeness (QED) is 0.689. The Hall–Kier alpha value is -2.09. The Morgan fingerprint density at radius 1 is 1.60 bits per heavy atom. The fourth-order valence-corrected chi connectivity index (χ4v) is 1.58. The summed E-state index contributed by atoms with van der Waals surface area (Å²) in [7, 11) is 0. The smallest absolute Gasteiger partial charge is 0.239 e. The van der Waals surface area contributed by atoms with Crippen molar-refractivity contribution in [3.05, 3.63) is 24.0 Å². The second-order valence-corrected chi connectivity index (χ2v) is 3.25. The number of nitriles is 1. The first kappa shape index (κ1) is 9.46. The average molecular weight is 202 g/mol. The predicted octanol–water partition coefficient (Wildman–Crippen LogP) is -0.111. The highest BCUT2D eigenvalue weighted by Gasteiger charge is 2.18. The number of rotatable bonds is 1. The van der Waals surface area contributed by atoms with Crippen LogP contribution in [0.1, 0.15) is 5.69 Å². The molecule has 0 radical (unpaired) electrons. The molecule has 0 saturated carbocycles. The number of pyridine rings is 1. The molecule has 1 aromatic heterocycles. The maximum absolute atomic E-state index is 11.2. The van der Waals surface area contributed by atoms with Gasteiger partial charge in [-0.15, -0.1) is 0 Å². The minimum Gasteiger partial charge on any atom is -0.358 e. The first-order valence-electron chi connectivity index (χ1n) is 4.68. The van der Waals surface area contributed by atoms with Crippen molar-refractivity contribution < 1.29 is 4.79 Å². The van der Waals surface area contributed by atoms with Crippen molar-refractivity contribution in [2.75, 3.05) is 24.5 Å². The molecule has 0 atom stereocenters. The zero-order valence-corrected chi connectivity index (χ0v) is 8.10. The molecular weight excluding hydrogens is 192 g/mol. The van der Waals surface area contributed by atoms with Crippen molar-refractivity contribution in [1.82, 2.24) is 10.3 Å². The summed E-state index contributed by atoms with van der Waals surface area (Å²) < 4.78 is 0. The van der Waals surface area contributed by atoms with Crippen molar-refractivity contribution in [3.8, 4) is 6.07 Å². The molecule has 1 aromatic rings. The van der Waals surface area contributed by atoms with Crippen LogP contribution in [0.4, 0.5) is 5.69 Å². The fraction of sp³-hybridized carbons (Fsp3) is 0.300. The molecule has 15 heavy (non-hydrogen) atoms. The van der Waals surface area contributed by atoms with Crippen molar-refractivity contribution >= 4 is 11.6 Å². The molecule has 76 valence electrons. The summed E-state index contributed by atoms with van der Waals surface area (Å²) >= 11 is 0. The zero-order valence-electron chi connectivity index (χ0n) is 8.10. The van der Waals surface area contributed by atoms with Gasteiger partial charge in [-0.05, 0) is 12.1 Å². The molecule has 1 aliphatic rings. The highest BCUT2D eigenvalue weighted by atomic mass is 16.2. The van der Waals surface area contributed by atoms with E-state index in [0.29, 0.717) is 25.3 Å². The molecule has 1 saturated heterocycles. The molecule has 1 N–H and O–H groups in total. The lowest BCUT2D eigenvalue weighted by Crippen LogP contribution is -2.48. The van der Waals surface area contributed by atoms with Crippen LogP contribution in [0.25, 0.3) is 0 Å². The predicted molar refractivity (Wildman–Crippen MR) is 54.2 cm³/mol. The number of anilines is 1. The van der Waals surface area contributed by atoms with Crippen LogP contribution in [-0.4, -0.2) is 30.5 Å². The third-order valence-electron chi connectivity index (χ3n) is 2.27. The normalized spacial score (nSPS) is 15.7. The molecular formula is C10H10N4O. The monoisotopic (exact) mass is 202 g/mol. The summed E-state index contributed by atoms with van der Waals surface area (Å²) in [5.74, 6) is -0.0195. The third-order valence-corrected chi connectivity index (χ3v) is 2.27. The summed E-state index contributed by atoms with van der Waals surface area (Å²) in [5.41, 5.74) is 1.10. The second-order valence-electron chi connectivity index (χ2n) is 3.25. The minimum absolute atomic E-state index is 0.0195.